The minimum Gasteiger partial charge on any atom is -0.369 e. The first-order valence-electron chi connectivity index (χ1n) is 8.02. The zero-order valence-electron chi connectivity index (χ0n) is 12.8. The lowest BCUT2D eigenvalue weighted by Gasteiger charge is -2.28. The number of rotatable bonds is 2. The lowest BCUT2D eigenvalue weighted by atomic mass is 9.91. The summed E-state index contributed by atoms with van der Waals surface area (Å²) in [6.07, 6.45) is 3.49. The molecule has 5 heteroatoms. The number of aromatic nitrogens is 2. The third kappa shape index (κ3) is 2.40. The van der Waals surface area contributed by atoms with Gasteiger partial charge in [-0.2, -0.15) is 5.10 Å². The number of anilines is 1. The van der Waals surface area contributed by atoms with Crippen molar-refractivity contribution in [1.29, 1.82) is 0 Å². The number of likely N-dealkylation sites (tertiary alicyclic amines) is 1. The SMILES string of the molecule is CN1CCC(c2nn(-c3cccc(Cl)c3)c3c2CCN3)CC1. The van der Waals surface area contributed by atoms with Crippen LogP contribution in [0.3, 0.4) is 0 Å². The van der Waals surface area contributed by atoms with Gasteiger partial charge in [0.2, 0.25) is 0 Å². The first kappa shape index (κ1) is 14.1. The largest absolute Gasteiger partial charge is 0.369 e. The molecule has 1 aromatic heterocycles. The van der Waals surface area contributed by atoms with Crippen molar-refractivity contribution in [2.24, 2.45) is 0 Å². The summed E-state index contributed by atoms with van der Waals surface area (Å²) in [5.41, 5.74) is 3.75. The molecular weight excluding hydrogens is 296 g/mol. The molecule has 0 spiro atoms. The molecule has 2 aromatic rings. The van der Waals surface area contributed by atoms with Gasteiger partial charge in [-0.3, -0.25) is 0 Å². The summed E-state index contributed by atoms with van der Waals surface area (Å²) >= 11 is 6.15. The molecule has 0 radical (unpaired) electrons. The van der Waals surface area contributed by atoms with Gasteiger partial charge >= 0.3 is 0 Å². The van der Waals surface area contributed by atoms with E-state index in [0.717, 1.165) is 42.6 Å². The van der Waals surface area contributed by atoms with Gasteiger partial charge in [-0.1, -0.05) is 17.7 Å². The number of benzene rings is 1. The standard InChI is InChI=1S/C17H21ClN4/c1-21-9-6-12(7-10-21)16-15-5-8-19-17(15)22(20-16)14-4-2-3-13(18)11-14/h2-4,11-12,19H,5-10H2,1H3. The van der Waals surface area contributed by atoms with Gasteiger partial charge in [0.15, 0.2) is 0 Å². The van der Waals surface area contributed by atoms with Gasteiger partial charge in [-0.15, -0.1) is 0 Å². The number of nitrogens with zero attached hydrogens (tertiary/aromatic N) is 3. The zero-order chi connectivity index (χ0) is 15.1. The fourth-order valence-electron chi connectivity index (χ4n) is 3.61. The van der Waals surface area contributed by atoms with E-state index < -0.39 is 0 Å². The Labute approximate surface area is 136 Å². The van der Waals surface area contributed by atoms with E-state index >= 15 is 0 Å². The first-order valence-corrected chi connectivity index (χ1v) is 8.40. The molecular formula is C17H21ClN4. The first-order chi connectivity index (χ1) is 10.7. The van der Waals surface area contributed by atoms with E-state index in [0.29, 0.717) is 5.92 Å². The highest BCUT2D eigenvalue weighted by Gasteiger charge is 2.29. The fourth-order valence-corrected chi connectivity index (χ4v) is 3.79. The predicted octanol–water partition coefficient (Wildman–Crippen LogP) is 3.30. The zero-order valence-corrected chi connectivity index (χ0v) is 13.6. The molecule has 0 amide bonds. The maximum Gasteiger partial charge on any atom is 0.133 e. The highest BCUT2D eigenvalue weighted by atomic mass is 35.5. The number of piperidine rings is 1. The van der Waals surface area contributed by atoms with E-state index in [-0.39, 0.29) is 0 Å². The Morgan fingerprint density at radius 2 is 2.09 bits per heavy atom. The molecule has 116 valence electrons. The van der Waals surface area contributed by atoms with Crippen molar-refractivity contribution < 1.29 is 0 Å². The fraction of sp³-hybridized carbons (Fsp3) is 0.471. The average molecular weight is 317 g/mol. The maximum absolute atomic E-state index is 6.15. The molecule has 2 aliphatic heterocycles. The molecule has 4 rings (SSSR count). The van der Waals surface area contributed by atoms with Crippen molar-refractivity contribution in [3.63, 3.8) is 0 Å². The van der Waals surface area contributed by atoms with Crippen molar-refractivity contribution >= 4 is 17.4 Å². The second-order valence-electron chi connectivity index (χ2n) is 6.36. The van der Waals surface area contributed by atoms with Crippen molar-refractivity contribution in [3.05, 3.63) is 40.5 Å². The summed E-state index contributed by atoms with van der Waals surface area (Å²) < 4.78 is 2.04. The summed E-state index contributed by atoms with van der Waals surface area (Å²) in [5.74, 6) is 1.75. The Balaban J connectivity index is 1.74. The number of nitrogens with one attached hydrogen (secondary N) is 1. The van der Waals surface area contributed by atoms with E-state index in [9.17, 15) is 0 Å². The third-order valence-electron chi connectivity index (χ3n) is 4.84. The Kier molecular flexibility index (Phi) is 3.59. The Morgan fingerprint density at radius 1 is 1.27 bits per heavy atom. The topological polar surface area (TPSA) is 33.1 Å². The van der Waals surface area contributed by atoms with Crippen LogP contribution in [0.1, 0.15) is 30.0 Å². The Morgan fingerprint density at radius 3 is 2.86 bits per heavy atom. The highest BCUT2D eigenvalue weighted by Crippen LogP contribution is 2.36. The number of halogens is 1. The van der Waals surface area contributed by atoms with Crippen LogP contribution in [-0.4, -0.2) is 41.4 Å². The van der Waals surface area contributed by atoms with E-state index in [1.807, 2.05) is 22.9 Å². The smallest absolute Gasteiger partial charge is 0.133 e. The second-order valence-corrected chi connectivity index (χ2v) is 6.79. The van der Waals surface area contributed by atoms with Crippen LogP contribution in [0.5, 0.6) is 0 Å². The van der Waals surface area contributed by atoms with Crippen molar-refractivity contribution in [2.45, 2.75) is 25.2 Å². The normalized spacial score (nSPS) is 19.2. The minimum absolute atomic E-state index is 0.588. The van der Waals surface area contributed by atoms with E-state index in [2.05, 4.69) is 23.3 Å². The van der Waals surface area contributed by atoms with Gasteiger partial charge in [0.25, 0.3) is 0 Å². The van der Waals surface area contributed by atoms with Crippen LogP contribution in [0.15, 0.2) is 24.3 Å². The number of fused-ring (bicyclic) bond motifs is 1. The second kappa shape index (κ2) is 5.60. The van der Waals surface area contributed by atoms with E-state index in [4.69, 9.17) is 16.7 Å². The molecule has 22 heavy (non-hydrogen) atoms. The summed E-state index contributed by atoms with van der Waals surface area (Å²) in [6, 6.07) is 7.93. The highest BCUT2D eigenvalue weighted by molar-refractivity contribution is 6.30. The van der Waals surface area contributed by atoms with Crippen LogP contribution in [0.4, 0.5) is 5.82 Å². The molecule has 1 fully saturated rings. The van der Waals surface area contributed by atoms with Crippen LogP contribution in [-0.2, 0) is 6.42 Å². The van der Waals surface area contributed by atoms with Gasteiger partial charge in [-0.05, 0) is 57.6 Å². The molecule has 1 N–H and O–H groups in total. The predicted molar refractivity (Wildman–Crippen MR) is 90.2 cm³/mol. The average Bonchev–Trinajstić information content (AvgIpc) is 3.10. The van der Waals surface area contributed by atoms with Crippen LogP contribution >= 0.6 is 11.6 Å². The number of hydrogen-bond donors (Lipinski definition) is 1. The summed E-state index contributed by atoms with van der Waals surface area (Å²) in [7, 11) is 2.20. The molecule has 2 aliphatic rings. The van der Waals surface area contributed by atoms with Crippen LogP contribution in [0.25, 0.3) is 5.69 Å². The van der Waals surface area contributed by atoms with Crippen molar-refractivity contribution in [3.8, 4) is 5.69 Å². The summed E-state index contributed by atoms with van der Waals surface area (Å²) in [4.78, 5) is 2.41. The Hall–Kier alpha value is -1.52. The van der Waals surface area contributed by atoms with E-state index in [1.54, 1.807) is 0 Å². The van der Waals surface area contributed by atoms with Crippen LogP contribution in [0, 0.1) is 0 Å². The van der Waals surface area contributed by atoms with Crippen molar-refractivity contribution in [2.75, 3.05) is 32.0 Å². The van der Waals surface area contributed by atoms with Gasteiger partial charge < -0.3 is 10.2 Å². The molecule has 0 atom stereocenters. The molecule has 0 bridgehead atoms. The van der Waals surface area contributed by atoms with Crippen LogP contribution in [0.2, 0.25) is 5.02 Å². The molecule has 4 nitrogen and oxygen atoms in total. The molecule has 3 heterocycles. The number of hydrogen-bond acceptors (Lipinski definition) is 3. The molecule has 0 saturated carbocycles. The maximum atomic E-state index is 6.15. The molecule has 1 saturated heterocycles. The molecule has 0 aliphatic carbocycles. The van der Waals surface area contributed by atoms with Gasteiger partial charge in [0.1, 0.15) is 5.82 Å². The minimum atomic E-state index is 0.588. The van der Waals surface area contributed by atoms with Gasteiger partial charge in [0.05, 0.1) is 11.4 Å². The van der Waals surface area contributed by atoms with Gasteiger partial charge in [-0.25, -0.2) is 4.68 Å². The third-order valence-corrected chi connectivity index (χ3v) is 5.08. The van der Waals surface area contributed by atoms with E-state index in [1.165, 1.54) is 24.1 Å². The van der Waals surface area contributed by atoms with Crippen molar-refractivity contribution in [1.82, 2.24) is 14.7 Å². The summed E-state index contributed by atoms with van der Waals surface area (Å²) in [5, 5.41) is 9.22. The summed E-state index contributed by atoms with van der Waals surface area (Å²) in [6.45, 7) is 3.33. The Bertz CT molecular complexity index is 686. The van der Waals surface area contributed by atoms with Crippen LogP contribution < -0.4 is 5.32 Å². The monoisotopic (exact) mass is 316 g/mol. The lowest BCUT2D eigenvalue weighted by Crippen LogP contribution is -2.29. The molecule has 0 unspecified atom stereocenters. The lowest BCUT2D eigenvalue weighted by molar-refractivity contribution is 0.252. The quantitative estimate of drug-likeness (QED) is 0.923. The van der Waals surface area contributed by atoms with Gasteiger partial charge in [0, 0.05) is 23.0 Å². The molecule has 1 aromatic carbocycles.